The van der Waals surface area contributed by atoms with E-state index in [1.807, 2.05) is 13.8 Å². The molecule has 1 unspecified atom stereocenters. The van der Waals surface area contributed by atoms with E-state index in [1.54, 1.807) is 79.9 Å². The number of hydrogen-bond donors (Lipinski definition) is 1. The van der Waals surface area contributed by atoms with Crippen molar-refractivity contribution in [1.82, 2.24) is 0 Å². The molecular weight excluding hydrogens is 446 g/mol. The van der Waals surface area contributed by atoms with Gasteiger partial charge < -0.3 is 19.3 Å². The number of benzene rings is 3. The number of carbonyl (C=O) groups excluding carboxylic acids is 2. The second-order valence-corrected chi connectivity index (χ2v) is 8.30. The van der Waals surface area contributed by atoms with E-state index in [0.717, 1.165) is 0 Å². The lowest BCUT2D eigenvalue weighted by atomic mass is 9.94. The lowest BCUT2D eigenvalue weighted by molar-refractivity contribution is -0.132. The van der Waals surface area contributed by atoms with E-state index in [1.165, 1.54) is 12.0 Å². The molecule has 1 fully saturated rings. The molecule has 0 radical (unpaired) electrons. The average Bonchev–Trinajstić information content (AvgIpc) is 3.14. The van der Waals surface area contributed by atoms with Crippen molar-refractivity contribution in [2.45, 2.75) is 26.0 Å². The van der Waals surface area contributed by atoms with Gasteiger partial charge in [0.25, 0.3) is 11.7 Å². The number of aliphatic hydroxyl groups excluding tert-OH is 1. The van der Waals surface area contributed by atoms with Gasteiger partial charge in [-0.1, -0.05) is 24.3 Å². The lowest BCUT2D eigenvalue weighted by Crippen LogP contribution is -2.29. The first-order valence-corrected chi connectivity index (χ1v) is 11.2. The molecule has 7 nitrogen and oxygen atoms in total. The SMILES string of the molecule is COc1ccc(C2/C(=C(/O)c3ccccc3OC)C(=O)C(=O)N2c2ccc(OC(C)C)cc2)cc1. The minimum Gasteiger partial charge on any atom is -0.507 e. The molecule has 35 heavy (non-hydrogen) atoms. The second kappa shape index (κ2) is 9.93. The summed E-state index contributed by atoms with van der Waals surface area (Å²) >= 11 is 0. The number of Topliss-reactive ketones (excluding diaryl/α,β-unsaturated/α-hetero) is 1. The summed E-state index contributed by atoms with van der Waals surface area (Å²) in [6.45, 7) is 3.85. The summed E-state index contributed by atoms with van der Waals surface area (Å²) in [6.07, 6.45) is -0.00442. The van der Waals surface area contributed by atoms with Gasteiger partial charge in [-0.15, -0.1) is 0 Å². The molecule has 4 rings (SSSR count). The third kappa shape index (κ3) is 4.57. The van der Waals surface area contributed by atoms with Crippen LogP contribution in [0.1, 0.15) is 31.0 Å². The number of methoxy groups -OCH3 is 2. The topological polar surface area (TPSA) is 85.3 Å². The Bertz CT molecular complexity index is 1260. The summed E-state index contributed by atoms with van der Waals surface area (Å²) in [6, 6.07) is 19.9. The molecular formula is C28H27NO6. The van der Waals surface area contributed by atoms with E-state index in [-0.39, 0.29) is 17.4 Å². The fraction of sp³-hybridized carbons (Fsp3) is 0.214. The maximum atomic E-state index is 13.3. The molecule has 0 aromatic heterocycles. The number of para-hydroxylation sites is 1. The molecule has 1 aliphatic heterocycles. The van der Waals surface area contributed by atoms with Crippen molar-refractivity contribution < 1.29 is 28.9 Å². The second-order valence-electron chi connectivity index (χ2n) is 8.30. The number of rotatable bonds is 7. The Morgan fingerprint density at radius 2 is 1.49 bits per heavy atom. The van der Waals surface area contributed by atoms with Crippen molar-refractivity contribution in [3.8, 4) is 17.2 Å². The molecule has 0 bridgehead atoms. The number of ether oxygens (including phenoxy) is 3. The zero-order chi connectivity index (χ0) is 25.1. The van der Waals surface area contributed by atoms with Crippen LogP contribution in [0.3, 0.4) is 0 Å². The largest absolute Gasteiger partial charge is 0.507 e. The summed E-state index contributed by atoms with van der Waals surface area (Å²) in [5, 5.41) is 11.3. The summed E-state index contributed by atoms with van der Waals surface area (Å²) < 4.78 is 16.4. The summed E-state index contributed by atoms with van der Waals surface area (Å²) in [4.78, 5) is 28.0. The Morgan fingerprint density at radius 3 is 2.09 bits per heavy atom. The van der Waals surface area contributed by atoms with Crippen LogP contribution < -0.4 is 19.1 Å². The number of amides is 1. The van der Waals surface area contributed by atoms with Crippen LogP contribution in [0.4, 0.5) is 5.69 Å². The molecule has 0 spiro atoms. The van der Waals surface area contributed by atoms with E-state index in [9.17, 15) is 14.7 Å². The first-order valence-electron chi connectivity index (χ1n) is 11.2. The molecule has 7 heteroatoms. The first-order chi connectivity index (χ1) is 16.8. The van der Waals surface area contributed by atoms with Gasteiger partial charge >= 0.3 is 0 Å². The highest BCUT2D eigenvalue weighted by Crippen LogP contribution is 2.43. The Morgan fingerprint density at radius 1 is 0.857 bits per heavy atom. The Kier molecular flexibility index (Phi) is 6.78. The monoisotopic (exact) mass is 473 g/mol. The quantitative estimate of drug-likeness (QED) is 0.291. The molecule has 1 aliphatic rings. The summed E-state index contributed by atoms with van der Waals surface area (Å²) in [7, 11) is 3.04. The Balaban J connectivity index is 1.89. The van der Waals surface area contributed by atoms with E-state index < -0.39 is 17.7 Å². The van der Waals surface area contributed by atoms with Crippen LogP contribution in [0, 0.1) is 0 Å². The molecule has 180 valence electrons. The molecule has 1 heterocycles. The third-order valence-corrected chi connectivity index (χ3v) is 5.72. The van der Waals surface area contributed by atoms with Gasteiger partial charge in [0.1, 0.15) is 23.0 Å². The van der Waals surface area contributed by atoms with E-state index in [2.05, 4.69) is 0 Å². The maximum Gasteiger partial charge on any atom is 0.300 e. The minimum atomic E-state index is -0.859. The van der Waals surface area contributed by atoms with Crippen LogP contribution >= 0.6 is 0 Å². The van der Waals surface area contributed by atoms with E-state index in [4.69, 9.17) is 14.2 Å². The van der Waals surface area contributed by atoms with Crippen LogP contribution in [-0.2, 0) is 9.59 Å². The highest BCUT2D eigenvalue weighted by atomic mass is 16.5. The first kappa shape index (κ1) is 23.9. The van der Waals surface area contributed by atoms with Gasteiger partial charge in [0.15, 0.2) is 0 Å². The molecule has 1 atom stereocenters. The van der Waals surface area contributed by atoms with Gasteiger partial charge in [-0.2, -0.15) is 0 Å². The smallest absolute Gasteiger partial charge is 0.300 e. The minimum absolute atomic E-state index is 0.00442. The Labute approximate surface area is 204 Å². The van der Waals surface area contributed by atoms with Crippen LogP contribution in [0.25, 0.3) is 5.76 Å². The zero-order valence-corrected chi connectivity index (χ0v) is 20.0. The third-order valence-electron chi connectivity index (χ3n) is 5.72. The predicted molar refractivity (Wildman–Crippen MR) is 133 cm³/mol. The highest BCUT2D eigenvalue weighted by molar-refractivity contribution is 6.51. The number of hydrogen-bond acceptors (Lipinski definition) is 6. The molecule has 1 saturated heterocycles. The van der Waals surface area contributed by atoms with E-state index >= 15 is 0 Å². The predicted octanol–water partition coefficient (Wildman–Crippen LogP) is 5.12. The molecule has 1 N–H and O–H groups in total. The van der Waals surface area contributed by atoms with Crippen molar-refractivity contribution in [3.63, 3.8) is 0 Å². The van der Waals surface area contributed by atoms with Crippen molar-refractivity contribution in [2.75, 3.05) is 19.1 Å². The van der Waals surface area contributed by atoms with Crippen LogP contribution in [0.5, 0.6) is 17.2 Å². The van der Waals surface area contributed by atoms with Crippen molar-refractivity contribution >= 4 is 23.1 Å². The van der Waals surface area contributed by atoms with Gasteiger partial charge in [-0.3, -0.25) is 14.5 Å². The maximum absolute atomic E-state index is 13.3. The molecule has 0 saturated carbocycles. The van der Waals surface area contributed by atoms with Crippen LogP contribution in [0.2, 0.25) is 0 Å². The molecule has 3 aromatic rings. The lowest BCUT2D eigenvalue weighted by Gasteiger charge is -2.26. The molecule has 0 aliphatic carbocycles. The molecule has 3 aromatic carbocycles. The fourth-order valence-corrected chi connectivity index (χ4v) is 4.14. The van der Waals surface area contributed by atoms with Crippen LogP contribution in [0.15, 0.2) is 78.4 Å². The van der Waals surface area contributed by atoms with Crippen molar-refractivity contribution in [2.24, 2.45) is 0 Å². The van der Waals surface area contributed by atoms with Crippen molar-refractivity contribution in [3.05, 3.63) is 89.5 Å². The number of ketones is 1. The van der Waals surface area contributed by atoms with Crippen molar-refractivity contribution in [1.29, 1.82) is 0 Å². The number of aliphatic hydroxyl groups is 1. The normalized spacial score (nSPS) is 17.1. The fourth-order valence-electron chi connectivity index (χ4n) is 4.14. The number of carbonyl (C=O) groups is 2. The van der Waals surface area contributed by atoms with Crippen LogP contribution in [-0.4, -0.2) is 37.1 Å². The highest BCUT2D eigenvalue weighted by Gasteiger charge is 2.47. The van der Waals surface area contributed by atoms with Gasteiger partial charge in [-0.05, 0) is 67.9 Å². The zero-order valence-electron chi connectivity index (χ0n) is 20.0. The van der Waals surface area contributed by atoms with Gasteiger partial charge in [0, 0.05) is 5.69 Å². The van der Waals surface area contributed by atoms with Gasteiger partial charge in [0.05, 0.1) is 37.5 Å². The van der Waals surface area contributed by atoms with Gasteiger partial charge in [0.2, 0.25) is 0 Å². The standard InChI is InChI=1S/C28H27NO6/c1-17(2)35-21-15-11-19(12-16-21)29-25(18-9-13-20(33-3)14-10-18)24(27(31)28(29)32)26(30)22-7-5-6-8-23(22)34-4/h5-17,25,30H,1-4H3/b26-24-. The molecule has 1 amide bonds. The summed E-state index contributed by atoms with van der Waals surface area (Å²) in [5.74, 6) is -0.152. The summed E-state index contributed by atoms with van der Waals surface area (Å²) in [5.41, 5.74) is 1.45. The average molecular weight is 474 g/mol. The van der Waals surface area contributed by atoms with E-state index in [0.29, 0.717) is 34.1 Å². The Hall–Kier alpha value is -4.26. The van der Waals surface area contributed by atoms with Gasteiger partial charge in [-0.25, -0.2) is 0 Å². The number of anilines is 1. The number of nitrogens with zero attached hydrogens (tertiary/aromatic N) is 1.